The molecule has 0 saturated carbocycles. The van der Waals surface area contributed by atoms with Gasteiger partial charge in [-0.2, -0.15) is 13.2 Å². The summed E-state index contributed by atoms with van der Waals surface area (Å²) < 4.78 is 42.2. The molecule has 3 nitrogen and oxygen atoms in total. The standard InChI is InChI=1S/C9H9F3N2O/c10-9(11,12)5-3-6-7(13)1-2-15-8(6)14-4-5/h3-4,7H,1-2,13H2. The number of aromatic nitrogens is 1. The number of halogens is 3. The van der Waals surface area contributed by atoms with Gasteiger partial charge in [-0.25, -0.2) is 4.98 Å². The summed E-state index contributed by atoms with van der Waals surface area (Å²) >= 11 is 0. The van der Waals surface area contributed by atoms with Crippen molar-refractivity contribution >= 4 is 0 Å². The van der Waals surface area contributed by atoms with Crippen LogP contribution in [0.3, 0.4) is 0 Å². The van der Waals surface area contributed by atoms with Crippen LogP contribution in [0.2, 0.25) is 0 Å². The Morgan fingerprint density at radius 2 is 2.20 bits per heavy atom. The normalized spacial score (nSPS) is 20.7. The summed E-state index contributed by atoms with van der Waals surface area (Å²) in [6.07, 6.45) is -3.12. The lowest BCUT2D eigenvalue weighted by Gasteiger charge is -2.22. The summed E-state index contributed by atoms with van der Waals surface area (Å²) in [6, 6.07) is 0.579. The van der Waals surface area contributed by atoms with Crippen molar-refractivity contribution in [2.75, 3.05) is 6.61 Å². The van der Waals surface area contributed by atoms with Crippen molar-refractivity contribution in [1.82, 2.24) is 4.98 Å². The van der Waals surface area contributed by atoms with Gasteiger partial charge in [-0.3, -0.25) is 0 Å². The molecule has 2 heterocycles. The number of hydrogen-bond donors (Lipinski definition) is 1. The highest BCUT2D eigenvalue weighted by molar-refractivity contribution is 5.35. The highest BCUT2D eigenvalue weighted by Crippen LogP contribution is 2.35. The molecule has 1 aromatic heterocycles. The number of nitrogens with zero attached hydrogens (tertiary/aromatic N) is 1. The van der Waals surface area contributed by atoms with E-state index in [1.165, 1.54) is 0 Å². The van der Waals surface area contributed by atoms with Crippen LogP contribution in [0.4, 0.5) is 13.2 Å². The second kappa shape index (κ2) is 3.37. The van der Waals surface area contributed by atoms with Gasteiger partial charge in [-0.1, -0.05) is 0 Å². The first-order valence-electron chi connectivity index (χ1n) is 4.44. The fourth-order valence-corrected chi connectivity index (χ4v) is 1.45. The zero-order valence-corrected chi connectivity index (χ0v) is 7.71. The van der Waals surface area contributed by atoms with Gasteiger partial charge in [0, 0.05) is 24.2 Å². The van der Waals surface area contributed by atoms with Crippen molar-refractivity contribution in [3.63, 3.8) is 0 Å². The van der Waals surface area contributed by atoms with Gasteiger partial charge in [-0.15, -0.1) is 0 Å². The number of fused-ring (bicyclic) bond motifs is 1. The van der Waals surface area contributed by atoms with Crippen LogP contribution in [-0.2, 0) is 6.18 Å². The van der Waals surface area contributed by atoms with E-state index in [4.69, 9.17) is 10.5 Å². The lowest BCUT2D eigenvalue weighted by Crippen LogP contribution is -2.22. The van der Waals surface area contributed by atoms with Crippen LogP contribution in [0.25, 0.3) is 0 Å². The van der Waals surface area contributed by atoms with Gasteiger partial charge in [0.1, 0.15) is 0 Å². The highest BCUT2D eigenvalue weighted by atomic mass is 19.4. The van der Waals surface area contributed by atoms with E-state index in [9.17, 15) is 13.2 Å². The lowest BCUT2D eigenvalue weighted by atomic mass is 10.0. The SMILES string of the molecule is NC1CCOc2ncc(C(F)(F)F)cc21. The van der Waals surface area contributed by atoms with Crippen LogP contribution in [0, 0.1) is 0 Å². The van der Waals surface area contributed by atoms with Crippen molar-refractivity contribution < 1.29 is 17.9 Å². The van der Waals surface area contributed by atoms with E-state index in [2.05, 4.69) is 4.98 Å². The monoisotopic (exact) mass is 218 g/mol. The Hall–Kier alpha value is -1.30. The van der Waals surface area contributed by atoms with Gasteiger partial charge in [-0.05, 0) is 6.07 Å². The largest absolute Gasteiger partial charge is 0.477 e. The van der Waals surface area contributed by atoms with Gasteiger partial charge in [0.2, 0.25) is 5.88 Å². The molecular formula is C9H9F3N2O. The van der Waals surface area contributed by atoms with Gasteiger partial charge in [0.05, 0.1) is 12.2 Å². The second-order valence-corrected chi connectivity index (χ2v) is 3.36. The molecule has 0 radical (unpaired) electrons. The van der Waals surface area contributed by atoms with Crippen LogP contribution in [-0.4, -0.2) is 11.6 Å². The van der Waals surface area contributed by atoms with Gasteiger partial charge < -0.3 is 10.5 Å². The molecule has 0 bridgehead atoms. The third-order valence-electron chi connectivity index (χ3n) is 2.27. The molecule has 2 rings (SSSR count). The molecule has 1 atom stereocenters. The van der Waals surface area contributed by atoms with Crippen LogP contribution in [0.5, 0.6) is 5.88 Å². The number of nitrogens with two attached hydrogens (primary N) is 1. The van der Waals surface area contributed by atoms with E-state index >= 15 is 0 Å². The van der Waals surface area contributed by atoms with Crippen molar-refractivity contribution in [3.05, 3.63) is 23.4 Å². The number of rotatable bonds is 0. The summed E-state index contributed by atoms with van der Waals surface area (Å²) in [7, 11) is 0. The molecule has 0 aliphatic carbocycles. The maximum atomic E-state index is 12.4. The quantitative estimate of drug-likeness (QED) is 0.723. The van der Waals surface area contributed by atoms with E-state index in [1.807, 2.05) is 0 Å². The third kappa shape index (κ3) is 1.90. The van der Waals surface area contributed by atoms with E-state index in [0.29, 0.717) is 18.6 Å². The zero-order chi connectivity index (χ0) is 11.1. The Morgan fingerprint density at radius 3 is 2.87 bits per heavy atom. The summed E-state index contributed by atoms with van der Waals surface area (Å²) in [5.74, 6) is 0.210. The maximum Gasteiger partial charge on any atom is 0.417 e. The molecule has 0 aromatic carbocycles. The summed E-state index contributed by atoms with van der Waals surface area (Å²) in [5, 5.41) is 0. The first kappa shape index (κ1) is 10.2. The fourth-order valence-electron chi connectivity index (χ4n) is 1.45. The molecule has 0 spiro atoms. The number of ether oxygens (including phenoxy) is 1. The van der Waals surface area contributed by atoms with E-state index in [1.54, 1.807) is 0 Å². The molecule has 0 saturated heterocycles. The second-order valence-electron chi connectivity index (χ2n) is 3.36. The minimum Gasteiger partial charge on any atom is -0.477 e. The lowest BCUT2D eigenvalue weighted by molar-refractivity contribution is -0.137. The van der Waals surface area contributed by atoms with Crippen LogP contribution in [0.15, 0.2) is 12.3 Å². The Kier molecular flexibility index (Phi) is 2.30. The zero-order valence-electron chi connectivity index (χ0n) is 7.71. The summed E-state index contributed by atoms with van der Waals surface area (Å²) in [6.45, 7) is 0.395. The average molecular weight is 218 g/mol. The van der Waals surface area contributed by atoms with Crippen LogP contribution in [0.1, 0.15) is 23.6 Å². The predicted molar refractivity (Wildman–Crippen MR) is 46.3 cm³/mol. The third-order valence-corrected chi connectivity index (χ3v) is 2.27. The molecule has 82 valence electrons. The van der Waals surface area contributed by atoms with Gasteiger partial charge in [0.15, 0.2) is 0 Å². The minimum absolute atomic E-state index is 0.210. The smallest absolute Gasteiger partial charge is 0.417 e. The number of pyridine rings is 1. The van der Waals surface area contributed by atoms with Gasteiger partial charge >= 0.3 is 6.18 Å². The summed E-state index contributed by atoms with van der Waals surface area (Å²) in [5.41, 5.74) is 5.21. The molecule has 0 fully saturated rings. The first-order valence-corrected chi connectivity index (χ1v) is 4.44. The minimum atomic E-state index is -4.39. The Morgan fingerprint density at radius 1 is 1.47 bits per heavy atom. The average Bonchev–Trinajstić information content (AvgIpc) is 2.16. The fraction of sp³-hybridized carbons (Fsp3) is 0.444. The van der Waals surface area contributed by atoms with Crippen LogP contribution >= 0.6 is 0 Å². The maximum absolute atomic E-state index is 12.4. The Labute approximate surface area is 84.1 Å². The van der Waals surface area contributed by atoms with E-state index in [0.717, 1.165) is 12.3 Å². The van der Waals surface area contributed by atoms with E-state index < -0.39 is 17.8 Å². The summed E-state index contributed by atoms with van der Waals surface area (Å²) in [4.78, 5) is 3.61. The molecule has 1 aromatic rings. The molecule has 1 unspecified atom stereocenters. The van der Waals surface area contributed by atoms with Crippen molar-refractivity contribution in [3.8, 4) is 5.88 Å². The highest BCUT2D eigenvalue weighted by Gasteiger charge is 2.33. The van der Waals surface area contributed by atoms with Crippen LogP contribution < -0.4 is 10.5 Å². The molecule has 1 aliphatic rings. The first-order chi connectivity index (χ1) is 6.98. The molecule has 0 amide bonds. The van der Waals surface area contributed by atoms with Gasteiger partial charge in [0.25, 0.3) is 0 Å². The van der Waals surface area contributed by atoms with E-state index in [-0.39, 0.29) is 5.88 Å². The molecule has 15 heavy (non-hydrogen) atoms. The number of alkyl halides is 3. The topological polar surface area (TPSA) is 48.1 Å². The Bertz CT molecular complexity index is 378. The van der Waals surface area contributed by atoms with Crippen molar-refractivity contribution in [2.24, 2.45) is 5.73 Å². The predicted octanol–water partition coefficient (Wildman–Crippen LogP) is 1.88. The molecule has 6 heteroatoms. The van der Waals surface area contributed by atoms with Crippen molar-refractivity contribution in [1.29, 1.82) is 0 Å². The Balaban J connectivity index is 2.44. The molecule has 1 aliphatic heterocycles. The molecular weight excluding hydrogens is 209 g/mol. The number of hydrogen-bond acceptors (Lipinski definition) is 3. The molecule has 2 N–H and O–H groups in total. The van der Waals surface area contributed by atoms with Crippen molar-refractivity contribution in [2.45, 2.75) is 18.6 Å².